The van der Waals surface area contributed by atoms with Gasteiger partial charge in [0.1, 0.15) is 5.75 Å². The number of aryl methyl sites for hydroxylation is 1. The maximum Gasteiger partial charge on any atom is 0.233 e. The molecule has 2 amide bonds. The first-order chi connectivity index (χ1) is 15.0. The van der Waals surface area contributed by atoms with Gasteiger partial charge in [0, 0.05) is 19.6 Å². The van der Waals surface area contributed by atoms with Gasteiger partial charge in [-0.3, -0.25) is 14.5 Å². The van der Waals surface area contributed by atoms with Crippen LogP contribution in [0.2, 0.25) is 0 Å². The number of likely N-dealkylation sites (tertiary alicyclic amines) is 1. The minimum absolute atomic E-state index is 0.0285. The molecule has 2 N–H and O–H groups in total. The Morgan fingerprint density at radius 3 is 2.48 bits per heavy atom. The monoisotopic (exact) mass is 424 g/mol. The van der Waals surface area contributed by atoms with Crippen LogP contribution in [-0.4, -0.2) is 49.4 Å². The van der Waals surface area contributed by atoms with Crippen LogP contribution >= 0.6 is 0 Å². The number of nitrogens with zero attached hydrogens (tertiary/aromatic N) is 2. The minimum atomic E-state index is -0.110. The Morgan fingerprint density at radius 1 is 1.13 bits per heavy atom. The van der Waals surface area contributed by atoms with Crippen molar-refractivity contribution in [1.29, 1.82) is 0 Å². The van der Waals surface area contributed by atoms with E-state index in [1.807, 2.05) is 26.0 Å². The molecular weight excluding hydrogens is 392 g/mol. The van der Waals surface area contributed by atoms with Crippen LogP contribution in [0.25, 0.3) is 0 Å². The number of benzene rings is 1. The summed E-state index contributed by atoms with van der Waals surface area (Å²) in [6.07, 6.45) is 5.93. The van der Waals surface area contributed by atoms with Crippen molar-refractivity contribution in [3.05, 3.63) is 41.5 Å². The van der Waals surface area contributed by atoms with Gasteiger partial charge in [-0.05, 0) is 61.8 Å². The number of aliphatic imine (C=N–C) groups is 1. The molecule has 7 nitrogen and oxygen atoms in total. The van der Waals surface area contributed by atoms with Crippen molar-refractivity contribution in [2.75, 3.05) is 26.7 Å². The zero-order valence-corrected chi connectivity index (χ0v) is 18.6. The van der Waals surface area contributed by atoms with E-state index in [9.17, 15) is 9.59 Å². The maximum atomic E-state index is 12.8. The quantitative estimate of drug-likeness (QED) is 0.220. The predicted octanol–water partition coefficient (Wildman–Crippen LogP) is 2.26. The molecule has 1 aliphatic heterocycles. The first-order valence-electron chi connectivity index (χ1n) is 11.2. The van der Waals surface area contributed by atoms with Crippen molar-refractivity contribution in [1.82, 2.24) is 15.5 Å². The highest BCUT2D eigenvalue weighted by atomic mass is 16.5. The summed E-state index contributed by atoms with van der Waals surface area (Å²) in [5.74, 6) is 1.92. The van der Waals surface area contributed by atoms with Crippen LogP contribution in [0.5, 0.6) is 5.75 Å². The molecule has 31 heavy (non-hydrogen) atoms. The van der Waals surface area contributed by atoms with Gasteiger partial charge in [-0.25, -0.2) is 4.99 Å². The molecule has 4 rings (SSSR count). The van der Waals surface area contributed by atoms with Gasteiger partial charge in [0.15, 0.2) is 5.96 Å². The Morgan fingerprint density at radius 2 is 1.84 bits per heavy atom. The van der Waals surface area contributed by atoms with E-state index in [0.29, 0.717) is 26.1 Å². The van der Waals surface area contributed by atoms with Crippen LogP contribution in [0.4, 0.5) is 0 Å². The molecule has 3 aliphatic rings. The van der Waals surface area contributed by atoms with Crippen molar-refractivity contribution in [3.63, 3.8) is 0 Å². The lowest BCUT2D eigenvalue weighted by molar-refractivity contribution is -0.140. The largest absolute Gasteiger partial charge is 0.497 e. The first kappa shape index (κ1) is 21.4. The van der Waals surface area contributed by atoms with E-state index in [1.54, 1.807) is 7.11 Å². The van der Waals surface area contributed by atoms with Gasteiger partial charge in [-0.2, -0.15) is 0 Å². The summed E-state index contributed by atoms with van der Waals surface area (Å²) in [5, 5.41) is 6.56. The van der Waals surface area contributed by atoms with Gasteiger partial charge in [0.25, 0.3) is 0 Å². The molecule has 1 heterocycles. The Balaban J connectivity index is 1.28. The number of hydrogen-bond donors (Lipinski definition) is 2. The second kappa shape index (κ2) is 9.12. The van der Waals surface area contributed by atoms with E-state index >= 15 is 0 Å². The number of carbonyl (C=O) groups is 2. The summed E-state index contributed by atoms with van der Waals surface area (Å²) in [6, 6.07) is 6.08. The molecule has 1 saturated carbocycles. The summed E-state index contributed by atoms with van der Waals surface area (Å²) < 4.78 is 5.34. The topological polar surface area (TPSA) is 83.0 Å². The average Bonchev–Trinajstić information content (AvgIpc) is 3.43. The van der Waals surface area contributed by atoms with Gasteiger partial charge < -0.3 is 15.4 Å². The number of amides is 2. The van der Waals surface area contributed by atoms with E-state index in [4.69, 9.17) is 4.74 Å². The van der Waals surface area contributed by atoms with E-state index in [-0.39, 0.29) is 35.5 Å². The SMILES string of the molecule is CCNC(=NCc1cc(C)cc(OC)c1)NCCCN1C(=O)C2C3C=CC(C3)C2C1=O. The Kier molecular flexibility index (Phi) is 6.30. The third kappa shape index (κ3) is 4.31. The summed E-state index contributed by atoms with van der Waals surface area (Å²) in [7, 11) is 1.66. The molecule has 1 saturated heterocycles. The van der Waals surface area contributed by atoms with Crippen LogP contribution in [0.15, 0.2) is 35.3 Å². The summed E-state index contributed by atoms with van der Waals surface area (Å²) in [6.45, 7) is 6.46. The second-order valence-electron chi connectivity index (χ2n) is 8.66. The zero-order chi connectivity index (χ0) is 22.0. The lowest BCUT2D eigenvalue weighted by Crippen LogP contribution is -2.40. The number of hydrogen-bond acceptors (Lipinski definition) is 4. The van der Waals surface area contributed by atoms with Gasteiger partial charge in [-0.1, -0.05) is 18.2 Å². The van der Waals surface area contributed by atoms with Crippen LogP contribution in [-0.2, 0) is 16.1 Å². The summed E-state index contributed by atoms with van der Waals surface area (Å²) >= 11 is 0. The van der Waals surface area contributed by atoms with Crippen LogP contribution in [0, 0.1) is 30.6 Å². The molecule has 4 unspecified atom stereocenters. The maximum absolute atomic E-state index is 12.8. The van der Waals surface area contributed by atoms with Crippen LogP contribution in [0.1, 0.15) is 30.9 Å². The fourth-order valence-electron chi connectivity index (χ4n) is 5.17. The lowest BCUT2D eigenvalue weighted by atomic mass is 9.85. The number of imide groups is 1. The number of methoxy groups -OCH3 is 1. The van der Waals surface area contributed by atoms with Gasteiger partial charge >= 0.3 is 0 Å². The molecule has 1 aromatic rings. The van der Waals surface area contributed by atoms with Gasteiger partial charge in [0.05, 0.1) is 25.5 Å². The van der Waals surface area contributed by atoms with E-state index < -0.39 is 0 Å². The normalized spacial score (nSPS) is 26.5. The average molecular weight is 425 g/mol. The van der Waals surface area contributed by atoms with Crippen LogP contribution < -0.4 is 15.4 Å². The summed E-state index contributed by atoms with van der Waals surface area (Å²) in [4.78, 5) is 31.7. The number of nitrogens with one attached hydrogen (secondary N) is 2. The standard InChI is InChI=1S/C24H32N4O3/c1-4-25-24(27-14-16-10-15(2)11-19(12-16)31-3)26-8-5-9-28-22(29)20-17-6-7-18(13-17)21(20)23(28)30/h6-7,10-12,17-18,20-21H,4-5,8-9,13-14H2,1-3H3,(H2,25,26,27). The highest BCUT2D eigenvalue weighted by Crippen LogP contribution is 2.52. The zero-order valence-electron chi connectivity index (χ0n) is 18.6. The Bertz CT molecular complexity index is 880. The highest BCUT2D eigenvalue weighted by molar-refractivity contribution is 6.06. The number of allylic oxidation sites excluding steroid dienone is 2. The highest BCUT2D eigenvalue weighted by Gasteiger charge is 2.58. The number of ether oxygens (including phenoxy) is 1. The fourth-order valence-corrected chi connectivity index (χ4v) is 5.17. The third-order valence-electron chi connectivity index (χ3n) is 6.52. The van der Waals surface area contributed by atoms with Gasteiger partial charge in [0.2, 0.25) is 11.8 Å². The molecule has 2 bridgehead atoms. The van der Waals surface area contributed by atoms with Crippen molar-refractivity contribution in [2.45, 2.75) is 33.2 Å². The van der Waals surface area contributed by atoms with E-state index in [1.165, 1.54) is 4.90 Å². The lowest BCUT2D eigenvalue weighted by Gasteiger charge is -2.18. The number of rotatable bonds is 8. The number of carbonyl (C=O) groups excluding carboxylic acids is 2. The molecule has 2 fully saturated rings. The molecule has 1 aromatic carbocycles. The minimum Gasteiger partial charge on any atom is -0.497 e. The molecule has 2 aliphatic carbocycles. The number of guanidine groups is 1. The van der Waals surface area contributed by atoms with Crippen molar-refractivity contribution >= 4 is 17.8 Å². The predicted molar refractivity (Wildman–Crippen MR) is 120 cm³/mol. The van der Waals surface area contributed by atoms with Crippen molar-refractivity contribution in [3.8, 4) is 5.75 Å². The molecule has 4 atom stereocenters. The van der Waals surface area contributed by atoms with Gasteiger partial charge in [-0.15, -0.1) is 0 Å². The summed E-state index contributed by atoms with van der Waals surface area (Å²) in [5.41, 5.74) is 2.22. The van der Waals surface area contributed by atoms with Crippen molar-refractivity contribution < 1.29 is 14.3 Å². The van der Waals surface area contributed by atoms with Crippen molar-refractivity contribution in [2.24, 2.45) is 28.7 Å². The number of fused-ring (bicyclic) bond motifs is 5. The fraction of sp³-hybridized carbons (Fsp3) is 0.542. The smallest absolute Gasteiger partial charge is 0.233 e. The molecule has 0 spiro atoms. The first-order valence-corrected chi connectivity index (χ1v) is 11.2. The molecule has 0 radical (unpaired) electrons. The van der Waals surface area contributed by atoms with E-state index in [2.05, 4.69) is 33.8 Å². The Labute approximate surface area is 183 Å². The second-order valence-corrected chi connectivity index (χ2v) is 8.66. The molecule has 7 heteroatoms. The third-order valence-corrected chi connectivity index (χ3v) is 6.52. The molecule has 166 valence electrons. The van der Waals surface area contributed by atoms with E-state index in [0.717, 1.165) is 35.8 Å². The Hall–Kier alpha value is -2.83. The molecule has 0 aromatic heterocycles. The van der Waals surface area contributed by atoms with Crippen LogP contribution in [0.3, 0.4) is 0 Å². The molecular formula is C24H32N4O3.